The number of carboxylic acid groups (broad SMARTS) is 1. The number of ether oxygens (including phenoxy) is 2. The first-order chi connectivity index (χ1) is 12.0. The number of carbonyl (C=O) groups is 3. The molecule has 7 nitrogen and oxygen atoms in total. The Hall–Kier alpha value is -2.92. The van der Waals surface area contributed by atoms with Crippen molar-refractivity contribution in [3.05, 3.63) is 28.7 Å². The number of carboxylic acids is 1. The summed E-state index contributed by atoms with van der Waals surface area (Å²) in [6.07, 6.45) is 6.67. The molecule has 1 fully saturated rings. The van der Waals surface area contributed by atoms with Crippen LogP contribution >= 0.6 is 11.8 Å². The first kappa shape index (κ1) is 18.4. The van der Waals surface area contributed by atoms with Gasteiger partial charge in [0.05, 0.1) is 11.5 Å². The van der Waals surface area contributed by atoms with E-state index < -0.39 is 23.7 Å². The topological polar surface area (TPSA) is 93.1 Å². The van der Waals surface area contributed by atoms with Crippen molar-refractivity contribution < 1.29 is 29.0 Å². The molecule has 1 saturated heterocycles. The lowest BCUT2D eigenvalue weighted by Gasteiger charge is -2.11. The van der Waals surface area contributed by atoms with Crippen molar-refractivity contribution in [2.75, 3.05) is 19.8 Å². The lowest BCUT2D eigenvalue weighted by Crippen LogP contribution is -2.33. The predicted octanol–water partition coefficient (Wildman–Crippen LogP) is 2.22. The van der Waals surface area contributed by atoms with Gasteiger partial charge in [-0.2, -0.15) is 0 Å². The number of hydrogen-bond acceptors (Lipinski definition) is 6. The molecule has 2 rings (SSSR count). The Morgan fingerprint density at radius 3 is 2.76 bits per heavy atom. The summed E-state index contributed by atoms with van der Waals surface area (Å²) in [7, 11) is 0. The van der Waals surface area contributed by atoms with Gasteiger partial charge in [0.1, 0.15) is 13.2 Å². The largest absolute Gasteiger partial charge is 0.490 e. The molecule has 0 aliphatic carbocycles. The summed E-state index contributed by atoms with van der Waals surface area (Å²) in [6, 6.07) is 4.98. The second-order valence-electron chi connectivity index (χ2n) is 4.79. The number of hydrogen-bond donors (Lipinski definition) is 1. The summed E-state index contributed by atoms with van der Waals surface area (Å²) in [6.45, 7) is 1.65. The predicted molar refractivity (Wildman–Crippen MR) is 92.3 cm³/mol. The highest BCUT2D eigenvalue weighted by atomic mass is 32.2. The average Bonchev–Trinajstić information content (AvgIpc) is 2.81. The SMILES string of the molecule is C#CCOc1ccc(/C=C2/SC(=O)N(CC(=O)O)C2=O)cc1OCC. The summed E-state index contributed by atoms with van der Waals surface area (Å²) in [4.78, 5) is 35.5. The molecule has 0 unspecified atom stereocenters. The van der Waals surface area contributed by atoms with Crippen molar-refractivity contribution in [3.8, 4) is 23.8 Å². The molecule has 1 heterocycles. The maximum Gasteiger partial charge on any atom is 0.323 e. The van der Waals surface area contributed by atoms with Crippen LogP contribution < -0.4 is 9.47 Å². The van der Waals surface area contributed by atoms with Crippen molar-refractivity contribution in [1.82, 2.24) is 4.90 Å². The van der Waals surface area contributed by atoms with Crippen molar-refractivity contribution in [2.45, 2.75) is 6.92 Å². The van der Waals surface area contributed by atoms with Gasteiger partial charge < -0.3 is 14.6 Å². The fraction of sp³-hybridized carbons (Fsp3) is 0.235. The van der Waals surface area contributed by atoms with Gasteiger partial charge in [0, 0.05) is 0 Å². The van der Waals surface area contributed by atoms with Gasteiger partial charge >= 0.3 is 5.97 Å². The second-order valence-corrected chi connectivity index (χ2v) is 5.79. The van der Waals surface area contributed by atoms with Crippen LogP contribution in [0.3, 0.4) is 0 Å². The van der Waals surface area contributed by atoms with E-state index in [9.17, 15) is 14.4 Å². The highest BCUT2D eigenvalue weighted by Crippen LogP contribution is 2.34. The van der Waals surface area contributed by atoms with Crippen LogP contribution in [0.5, 0.6) is 11.5 Å². The molecule has 8 heteroatoms. The van der Waals surface area contributed by atoms with Crippen LogP contribution in [0.2, 0.25) is 0 Å². The third-order valence-electron chi connectivity index (χ3n) is 3.04. The van der Waals surface area contributed by atoms with E-state index in [0.717, 1.165) is 0 Å². The van der Waals surface area contributed by atoms with Crippen LogP contribution in [0.4, 0.5) is 4.79 Å². The highest BCUT2D eigenvalue weighted by molar-refractivity contribution is 8.18. The molecule has 0 bridgehead atoms. The third kappa shape index (κ3) is 4.55. The van der Waals surface area contributed by atoms with E-state index in [4.69, 9.17) is 21.0 Å². The maximum atomic E-state index is 12.1. The minimum absolute atomic E-state index is 0.0908. The highest BCUT2D eigenvalue weighted by Gasteiger charge is 2.36. The van der Waals surface area contributed by atoms with Crippen molar-refractivity contribution in [2.24, 2.45) is 0 Å². The van der Waals surface area contributed by atoms with Crippen LogP contribution in [-0.4, -0.2) is 46.9 Å². The van der Waals surface area contributed by atoms with Gasteiger partial charge in [0.25, 0.3) is 11.1 Å². The number of thioether (sulfide) groups is 1. The number of amides is 2. The van der Waals surface area contributed by atoms with Crippen LogP contribution in [-0.2, 0) is 9.59 Å². The van der Waals surface area contributed by atoms with Gasteiger partial charge in [-0.3, -0.25) is 19.3 Å². The molecule has 0 spiro atoms. The Kier molecular flexibility index (Phi) is 6.08. The summed E-state index contributed by atoms with van der Waals surface area (Å²) < 4.78 is 10.9. The molecule has 2 amide bonds. The molecule has 0 saturated carbocycles. The van der Waals surface area contributed by atoms with Gasteiger partial charge in [-0.05, 0) is 42.5 Å². The first-order valence-corrected chi connectivity index (χ1v) is 8.08. The van der Waals surface area contributed by atoms with Gasteiger partial charge in [-0.15, -0.1) is 6.42 Å². The molecule has 1 aromatic carbocycles. The van der Waals surface area contributed by atoms with E-state index >= 15 is 0 Å². The quantitative estimate of drug-likeness (QED) is 0.588. The van der Waals surface area contributed by atoms with Gasteiger partial charge in [0.2, 0.25) is 0 Å². The first-order valence-electron chi connectivity index (χ1n) is 7.26. The third-order valence-corrected chi connectivity index (χ3v) is 3.95. The van der Waals surface area contributed by atoms with E-state index in [0.29, 0.717) is 40.3 Å². The number of terminal acetylenes is 1. The van der Waals surface area contributed by atoms with Crippen molar-refractivity contribution in [1.29, 1.82) is 0 Å². The van der Waals surface area contributed by atoms with E-state index in [-0.39, 0.29) is 11.5 Å². The zero-order valence-corrected chi connectivity index (χ0v) is 14.2. The normalized spacial score (nSPS) is 15.4. The molecule has 0 radical (unpaired) electrons. The molecule has 1 aliphatic rings. The Bertz CT molecular complexity index is 780. The monoisotopic (exact) mass is 361 g/mol. The van der Waals surface area contributed by atoms with Gasteiger partial charge in [0.15, 0.2) is 11.5 Å². The fourth-order valence-corrected chi connectivity index (χ4v) is 2.88. The van der Waals surface area contributed by atoms with Crippen LogP contribution in [0.15, 0.2) is 23.1 Å². The van der Waals surface area contributed by atoms with E-state index in [1.807, 2.05) is 6.92 Å². The molecular weight excluding hydrogens is 346 g/mol. The summed E-state index contributed by atoms with van der Waals surface area (Å²) in [5.41, 5.74) is 0.609. The zero-order chi connectivity index (χ0) is 18.4. The second kappa shape index (κ2) is 8.26. The lowest BCUT2D eigenvalue weighted by molar-refractivity contribution is -0.140. The van der Waals surface area contributed by atoms with E-state index in [1.54, 1.807) is 18.2 Å². The standard InChI is InChI=1S/C17H15NO6S/c1-3-7-24-12-6-5-11(8-13(12)23-4-2)9-14-16(21)18(10-15(19)20)17(22)25-14/h1,5-6,8-9H,4,7,10H2,2H3,(H,19,20)/b14-9+. The summed E-state index contributed by atoms with van der Waals surface area (Å²) in [5.74, 6) is 1.40. The summed E-state index contributed by atoms with van der Waals surface area (Å²) >= 11 is 0.693. The molecular formula is C17H15NO6S. The molecule has 25 heavy (non-hydrogen) atoms. The Morgan fingerprint density at radius 2 is 2.12 bits per heavy atom. The molecule has 130 valence electrons. The minimum atomic E-state index is -1.25. The number of rotatable bonds is 7. The minimum Gasteiger partial charge on any atom is -0.490 e. The number of imide groups is 1. The number of benzene rings is 1. The fourth-order valence-electron chi connectivity index (χ4n) is 2.04. The number of carbonyl (C=O) groups excluding carboxylic acids is 2. The molecule has 1 N–H and O–H groups in total. The smallest absolute Gasteiger partial charge is 0.323 e. The Balaban J connectivity index is 2.27. The van der Waals surface area contributed by atoms with Gasteiger partial charge in [-0.25, -0.2) is 0 Å². The number of nitrogens with zero attached hydrogens (tertiary/aromatic N) is 1. The molecule has 1 aromatic rings. The van der Waals surface area contributed by atoms with Crippen molar-refractivity contribution >= 4 is 35.0 Å². The zero-order valence-electron chi connectivity index (χ0n) is 13.4. The van der Waals surface area contributed by atoms with E-state index in [1.165, 1.54) is 6.08 Å². The lowest BCUT2D eigenvalue weighted by atomic mass is 10.2. The molecule has 1 aliphatic heterocycles. The van der Waals surface area contributed by atoms with Crippen LogP contribution in [0.1, 0.15) is 12.5 Å². The van der Waals surface area contributed by atoms with Crippen LogP contribution in [0.25, 0.3) is 6.08 Å². The van der Waals surface area contributed by atoms with Crippen LogP contribution in [0, 0.1) is 12.3 Å². The Labute approximate surface area is 148 Å². The maximum absolute atomic E-state index is 12.1. The average molecular weight is 361 g/mol. The Morgan fingerprint density at radius 1 is 1.36 bits per heavy atom. The molecule has 0 aromatic heterocycles. The molecule has 0 atom stereocenters. The van der Waals surface area contributed by atoms with Crippen molar-refractivity contribution in [3.63, 3.8) is 0 Å². The van der Waals surface area contributed by atoms with E-state index in [2.05, 4.69) is 5.92 Å². The summed E-state index contributed by atoms with van der Waals surface area (Å²) in [5, 5.41) is 8.15. The van der Waals surface area contributed by atoms with Gasteiger partial charge in [-0.1, -0.05) is 12.0 Å². The number of aliphatic carboxylic acids is 1.